The highest BCUT2D eigenvalue weighted by Gasteiger charge is 2.42. The van der Waals surface area contributed by atoms with E-state index in [1.165, 1.54) is 0 Å². The molecule has 0 bridgehead atoms. The summed E-state index contributed by atoms with van der Waals surface area (Å²) in [6.45, 7) is 3.52. The van der Waals surface area contributed by atoms with Crippen LogP contribution in [0.2, 0.25) is 5.02 Å². The van der Waals surface area contributed by atoms with Gasteiger partial charge in [0.1, 0.15) is 0 Å². The highest BCUT2D eigenvalue weighted by molar-refractivity contribution is 6.30. The number of nitrogens with one attached hydrogen (secondary N) is 1. The van der Waals surface area contributed by atoms with Crippen molar-refractivity contribution in [2.45, 2.75) is 25.9 Å². The minimum atomic E-state index is -1.27. The summed E-state index contributed by atoms with van der Waals surface area (Å²) in [4.78, 5) is 24.9. The highest BCUT2D eigenvalue weighted by Crippen LogP contribution is 2.31. The van der Waals surface area contributed by atoms with Gasteiger partial charge < -0.3 is 10.1 Å². The molecule has 1 heterocycles. The number of hydrogen-bond acceptors (Lipinski definition) is 3. The van der Waals surface area contributed by atoms with Gasteiger partial charge in [0.05, 0.1) is 5.56 Å². The van der Waals surface area contributed by atoms with E-state index >= 15 is 0 Å². The molecule has 1 atom stereocenters. The molecule has 0 spiro atoms. The number of rotatable bonds is 2. The molecule has 0 saturated carbocycles. The molecule has 1 aliphatic heterocycles. The molecule has 0 fully saturated rings. The molecule has 1 amide bonds. The predicted octanol–water partition coefficient (Wildman–Crippen LogP) is 3.76. The van der Waals surface area contributed by atoms with Crippen LogP contribution in [0.1, 0.15) is 28.4 Å². The Morgan fingerprint density at radius 2 is 2.00 bits per heavy atom. The van der Waals surface area contributed by atoms with Gasteiger partial charge in [0, 0.05) is 17.1 Å². The number of cyclic esters (lactones) is 1. The lowest BCUT2D eigenvalue weighted by Crippen LogP contribution is -2.49. The van der Waals surface area contributed by atoms with Gasteiger partial charge in [-0.3, -0.25) is 4.79 Å². The number of benzene rings is 2. The van der Waals surface area contributed by atoms with Crippen LogP contribution in [0.4, 0.5) is 5.69 Å². The zero-order valence-electron chi connectivity index (χ0n) is 12.9. The van der Waals surface area contributed by atoms with E-state index < -0.39 is 11.6 Å². The Labute approximate surface area is 139 Å². The zero-order chi connectivity index (χ0) is 16.6. The van der Waals surface area contributed by atoms with E-state index in [9.17, 15) is 9.59 Å². The lowest BCUT2D eigenvalue weighted by atomic mass is 9.89. The number of amides is 1. The maximum absolute atomic E-state index is 12.7. The molecular weight excluding hydrogens is 314 g/mol. The number of para-hydroxylation sites is 1. The molecule has 0 aliphatic carbocycles. The van der Waals surface area contributed by atoms with E-state index in [1.807, 2.05) is 31.2 Å². The van der Waals surface area contributed by atoms with Crippen LogP contribution >= 0.6 is 11.6 Å². The van der Waals surface area contributed by atoms with Gasteiger partial charge in [-0.25, -0.2) is 4.79 Å². The van der Waals surface area contributed by atoms with Gasteiger partial charge in [0.2, 0.25) is 0 Å². The van der Waals surface area contributed by atoms with Crippen LogP contribution in [-0.2, 0) is 16.0 Å². The Bertz CT molecular complexity index is 803. The molecule has 0 radical (unpaired) electrons. The molecule has 3 rings (SSSR count). The largest absolute Gasteiger partial charge is 0.445 e. The standard InChI is InChI=1S/C18H16ClNO3/c1-11-5-3-4-6-15(11)20-17(22)18(2)10-12-9-13(19)7-8-14(12)16(21)23-18/h3-9H,10H2,1-2H3,(H,20,22). The average molecular weight is 330 g/mol. The van der Waals surface area contributed by atoms with Crippen molar-refractivity contribution in [1.29, 1.82) is 0 Å². The summed E-state index contributed by atoms with van der Waals surface area (Å²) in [5, 5.41) is 3.37. The Morgan fingerprint density at radius 3 is 2.74 bits per heavy atom. The quantitative estimate of drug-likeness (QED) is 0.853. The number of esters is 1. The van der Waals surface area contributed by atoms with Crippen LogP contribution in [0, 0.1) is 6.92 Å². The number of halogens is 1. The Balaban J connectivity index is 1.89. The second kappa shape index (κ2) is 5.70. The molecule has 4 nitrogen and oxygen atoms in total. The number of fused-ring (bicyclic) bond motifs is 1. The summed E-state index contributed by atoms with van der Waals surface area (Å²) >= 11 is 5.99. The number of ether oxygens (including phenoxy) is 1. The first-order chi connectivity index (χ1) is 10.9. The first-order valence-corrected chi connectivity index (χ1v) is 7.66. The van der Waals surface area contributed by atoms with Crippen LogP contribution in [-0.4, -0.2) is 17.5 Å². The third-order valence-electron chi connectivity index (χ3n) is 4.01. The third kappa shape index (κ3) is 2.94. The SMILES string of the molecule is Cc1ccccc1NC(=O)C1(C)Cc2cc(Cl)ccc2C(=O)O1. The van der Waals surface area contributed by atoms with Crippen molar-refractivity contribution in [1.82, 2.24) is 0 Å². The van der Waals surface area contributed by atoms with Crippen molar-refractivity contribution < 1.29 is 14.3 Å². The van der Waals surface area contributed by atoms with E-state index in [4.69, 9.17) is 16.3 Å². The number of carbonyl (C=O) groups is 2. The average Bonchev–Trinajstić information content (AvgIpc) is 2.48. The fraction of sp³-hybridized carbons (Fsp3) is 0.222. The van der Waals surface area contributed by atoms with Crippen molar-refractivity contribution in [3.63, 3.8) is 0 Å². The van der Waals surface area contributed by atoms with Gasteiger partial charge in [-0.1, -0.05) is 29.8 Å². The van der Waals surface area contributed by atoms with Crippen molar-refractivity contribution in [2.75, 3.05) is 5.32 Å². The van der Waals surface area contributed by atoms with Gasteiger partial charge in [-0.2, -0.15) is 0 Å². The van der Waals surface area contributed by atoms with Gasteiger partial charge >= 0.3 is 5.97 Å². The third-order valence-corrected chi connectivity index (χ3v) is 4.24. The molecule has 1 N–H and O–H groups in total. The summed E-state index contributed by atoms with van der Waals surface area (Å²) in [6, 6.07) is 12.4. The second-order valence-electron chi connectivity index (χ2n) is 5.87. The minimum absolute atomic E-state index is 0.284. The summed E-state index contributed by atoms with van der Waals surface area (Å²) in [7, 11) is 0. The van der Waals surface area contributed by atoms with Crippen LogP contribution in [0.3, 0.4) is 0 Å². The normalized spacial score (nSPS) is 19.7. The van der Waals surface area contributed by atoms with E-state index in [1.54, 1.807) is 25.1 Å². The molecule has 1 aliphatic rings. The maximum atomic E-state index is 12.7. The summed E-state index contributed by atoms with van der Waals surface area (Å²) in [6.07, 6.45) is 0.284. The number of carbonyl (C=O) groups excluding carboxylic acids is 2. The molecule has 2 aromatic carbocycles. The van der Waals surface area contributed by atoms with Crippen LogP contribution in [0.25, 0.3) is 0 Å². The maximum Gasteiger partial charge on any atom is 0.339 e. The highest BCUT2D eigenvalue weighted by atomic mass is 35.5. The van der Waals surface area contributed by atoms with Crippen molar-refractivity contribution >= 4 is 29.2 Å². The second-order valence-corrected chi connectivity index (χ2v) is 6.30. The Hall–Kier alpha value is -2.33. The van der Waals surface area contributed by atoms with E-state index in [0.717, 1.165) is 11.1 Å². The molecule has 118 valence electrons. The van der Waals surface area contributed by atoms with Gasteiger partial charge in [0.25, 0.3) is 5.91 Å². The van der Waals surface area contributed by atoms with Gasteiger partial charge in [-0.15, -0.1) is 0 Å². The lowest BCUT2D eigenvalue weighted by molar-refractivity contribution is -0.134. The first-order valence-electron chi connectivity index (χ1n) is 7.28. The van der Waals surface area contributed by atoms with Crippen LogP contribution in [0.5, 0.6) is 0 Å². The first kappa shape index (κ1) is 15.6. The fourth-order valence-electron chi connectivity index (χ4n) is 2.66. The van der Waals surface area contributed by atoms with Crippen molar-refractivity contribution in [3.8, 4) is 0 Å². The molecule has 0 saturated heterocycles. The van der Waals surface area contributed by atoms with Crippen LogP contribution in [0.15, 0.2) is 42.5 Å². The molecular formula is C18H16ClNO3. The molecule has 5 heteroatoms. The Kier molecular flexibility index (Phi) is 3.86. The number of hydrogen-bond donors (Lipinski definition) is 1. The zero-order valence-corrected chi connectivity index (χ0v) is 13.6. The van der Waals surface area contributed by atoms with Gasteiger partial charge in [-0.05, 0) is 49.2 Å². The topological polar surface area (TPSA) is 55.4 Å². The van der Waals surface area contributed by atoms with Gasteiger partial charge in [0.15, 0.2) is 5.60 Å². The van der Waals surface area contributed by atoms with E-state index in [-0.39, 0.29) is 12.3 Å². The van der Waals surface area contributed by atoms with Crippen molar-refractivity contribution in [3.05, 3.63) is 64.2 Å². The van der Waals surface area contributed by atoms with E-state index in [2.05, 4.69) is 5.32 Å². The molecule has 2 aromatic rings. The summed E-state index contributed by atoms with van der Waals surface area (Å²) < 4.78 is 5.42. The molecule has 0 aromatic heterocycles. The smallest absolute Gasteiger partial charge is 0.339 e. The fourth-order valence-corrected chi connectivity index (χ4v) is 2.86. The summed E-state index contributed by atoms with van der Waals surface area (Å²) in [5.41, 5.74) is 1.55. The number of anilines is 1. The lowest BCUT2D eigenvalue weighted by Gasteiger charge is -2.33. The number of aryl methyl sites for hydroxylation is 1. The van der Waals surface area contributed by atoms with E-state index in [0.29, 0.717) is 16.3 Å². The predicted molar refractivity (Wildman–Crippen MR) is 88.8 cm³/mol. The van der Waals surface area contributed by atoms with Crippen molar-refractivity contribution in [2.24, 2.45) is 0 Å². The molecule has 23 heavy (non-hydrogen) atoms. The minimum Gasteiger partial charge on any atom is -0.445 e. The Morgan fingerprint density at radius 1 is 1.26 bits per heavy atom. The molecule has 1 unspecified atom stereocenters. The summed E-state index contributed by atoms with van der Waals surface area (Å²) in [5.74, 6) is -0.865. The van der Waals surface area contributed by atoms with Crippen LogP contribution < -0.4 is 5.32 Å². The monoisotopic (exact) mass is 329 g/mol.